The molecule has 0 saturated carbocycles. The van der Waals surface area contributed by atoms with Gasteiger partial charge in [-0.1, -0.05) is 39.7 Å². The van der Waals surface area contributed by atoms with E-state index in [2.05, 4.69) is 15.9 Å². The van der Waals surface area contributed by atoms with E-state index < -0.39 is 0 Å². The van der Waals surface area contributed by atoms with Gasteiger partial charge in [-0.2, -0.15) is 0 Å². The molecule has 4 heteroatoms. The summed E-state index contributed by atoms with van der Waals surface area (Å²) < 4.78 is 6.39. The maximum Gasteiger partial charge on any atom is 0.344 e. The minimum absolute atomic E-state index is 0.333. The predicted octanol–water partition coefficient (Wildman–Crippen LogP) is 5.49. The Morgan fingerprint density at radius 2 is 1.90 bits per heavy atom. The summed E-state index contributed by atoms with van der Waals surface area (Å²) in [6.45, 7) is 3.81. The summed E-state index contributed by atoms with van der Waals surface area (Å²) in [6.07, 6.45) is 0. The van der Waals surface area contributed by atoms with E-state index in [0.29, 0.717) is 16.2 Å². The molecule has 2 aromatic carbocycles. The Kier molecular flexibility index (Phi) is 3.64. The summed E-state index contributed by atoms with van der Waals surface area (Å²) >= 11 is 9.62. The van der Waals surface area contributed by atoms with Crippen LogP contribution in [0.15, 0.2) is 50.1 Å². The number of hydrogen-bond acceptors (Lipinski definition) is 2. The molecule has 0 atom stereocenters. The number of rotatable bonds is 1. The Hall–Kier alpha value is -1.58. The van der Waals surface area contributed by atoms with E-state index >= 15 is 0 Å². The topological polar surface area (TPSA) is 30.2 Å². The molecule has 0 fully saturated rings. The molecule has 0 unspecified atom stereocenters. The fourth-order valence-corrected chi connectivity index (χ4v) is 3.01. The van der Waals surface area contributed by atoms with E-state index in [4.69, 9.17) is 16.0 Å². The van der Waals surface area contributed by atoms with Crippen LogP contribution in [-0.2, 0) is 0 Å². The molecule has 0 aliphatic heterocycles. The summed E-state index contributed by atoms with van der Waals surface area (Å²) in [7, 11) is 0. The van der Waals surface area contributed by atoms with Crippen molar-refractivity contribution in [1.29, 1.82) is 0 Å². The smallest absolute Gasteiger partial charge is 0.344 e. The Balaban J connectivity index is 2.39. The molecule has 1 aromatic heterocycles. The zero-order valence-electron chi connectivity index (χ0n) is 11.5. The van der Waals surface area contributed by atoms with Gasteiger partial charge >= 0.3 is 5.63 Å². The van der Waals surface area contributed by atoms with Crippen LogP contribution in [0.2, 0.25) is 5.02 Å². The zero-order chi connectivity index (χ0) is 15.1. The highest BCUT2D eigenvalue weighted by Gasteiger charge is 2.14. The lowest BCUT2D eigenvalue weighted by Gasteiger charge is -2.09. The van der Waals surface area contributed by atoms with Crippen LogP contribution in [0.1, 0.15) is 11.1 Å². The largest absolute Gasteiger partial charge is 0.422 e. The summed E-state index contributed by atoms with van der Waals surface area (Å²) in [5.74, 6) is 0. The molecule has 21 heavy (non-hydrogen) atoms. The molecule has 3 aromatic rings. The first-order valence-corrected chi connectivity index (χ1v) is 7.64. The number of halogens is 2. The standard InChI is InChI=1S/C17H12BrClO2/c1-9-6-15-13(8-14(9)19)10(2)16(17(20)21-15)11-4-3-5-12(18)7-11/h3-8H,1-2H3. The fourth-order valence-electron chi connectivity index (χ4n) is 2.45. The molecule has 2 nitrogen and oxygen atoms in total. The molecule has 0 aliphatic rings. The van der Waals surface area contributed by atoms with Gasteiger partial charge in [0.2, 0.25) is 0 Å². The Bertz CT molecular complexity index is 913. The van der Waals surface area contributed by atoms with Crippen molar-refractivity contribution in [3.63, 3.8) is 0 Å². The quantitative estimate of drug-likeness (QED) is 0.535. The van der Waals surface area contributed by atoms with Crippen molar-refractivity contribution in [3.8, 4) is 11.1 Å². The Morgan fingerprint density at radius 1 is 1.14 bits per heavy atom. The van der Waals surface area contributed by atoms with Gasteiger partial charge < -0.3 is 4.42 Å². The fraction of sp³-hybridized carbons (Fsp3) is 0.118. The van der Waals surface area contributed by atoms with Crippen molar-refractivity contribution in [1.82, 2.24) is 0 Å². The summed E-state index contributed by atoms with van der Waals surface area (Å²) in [4.78, 5) is 12.3. The van der Waals surface area contributed by atoms with Crippen molar-refractivity contribution in [2.45, 2.75) is 13.8 Å². The van der Waals surface area contributed by atoms with Crippen LogP contribution in [0, 0.1) is 13.8 Å². The van der Waals surface area contributed by atoms with Gasteiger partial charge in [0.05, 0.1) is 5.56 Å². The van der Waals surface area contributed by atoms with E-state index in [-0.39, 0.29) is 5.63 Å². The van der Waals surface area contributed by atoms with Gasteiger partial charge in [-0.05, 0) is 54.8 Å². The third-order valence-electron chi connectivity index (χ3n) is 3.56. The van der Waals surface area contributed by atoms with Gasteiger partial charge in [0.15, 0.2) is 0 Å². The summed E-state index contributed by atoms with van der Waals surface area (Å²) in [5, 5.41) is 1.53. The lowest BCUT2D eigenvalue weighted by molar-refractivity contribution is 0.562. The first-order valence-electron chi connectivity index (χ1n) is 6.47. The van der Waals surface area contributed by atoms with E-state index in [1.54, 1.807) is 6.07 Å². The van der Waals surface area contributed by atoms with E-state index in [0.717, 1.165) is 26.5 Å². The predicted molar refractivity (Wildman–Crippen MR) is 90.1 cm³/mol. The van der Waals surface area contributed by atoms with Crippen LogP contribution in [0.5, 0.6) is 0 Å². The molecule has 3 rings (SSSR count). The average molecular weight is 364 g/mol. The molecule has 0 bridgehead atoms. The molecule has 106 valence electrons. The van der Waals surface area contributed by atoms with Crippen molar-refractivity contribution in [2.75, 3.05) is 0 Å². The molecular weight excluding hydrogens is 352 g/mol. The van der Waals surface area contributed by atoms with Crippen LogP contribution in [-0.4, -0.2) is 0 Å². The highest BCUT2D eigenvalue weighted by Crippen LogP contribution is 2.31. The van der Waals surface area contributed by atoms with Crippen LogP contribution in [0.25, 0.3) is 22.1 Å². The van der Waals surface area contributed by atoms with Crippen molar-refractivity contribution >= 4 is 38.5 Å². The minimum atomic E-state index is -0.333. The maximum atomic E-state index is 12.3. The van der Waals surface area contributed by atoms with Gasteiger partial charge in [0.25, 0.3) is 0 Å². The monoisotopic (exact) mass is 362 g/mol. The second kappa shape index (κ2) is 5.32. The van der Waals surface area contributed by atoms with Gasteiger partial charge in [0.1, 0.15) is 5.58 Å². The van der Waals surface area contributed by atoms with Crippen LogP contribution < -0.4 is 5.63 Å². The highest BCUT2D eigenvalue weighted by molar-refractivity contribution is 9.10. The third-order valence-corrected chi connectivity index (χ3v) is 4.46. The second-order valence-corrected chi connectivity index (χ2v) is 6.32. The van der Waals surface area contributed by atoms with E-state index in [1.165, 1.54) is 0 Å². The van der Waals surface area contributed by atoms with Crippen LogP contribution in [0.3, 0.4) is 0 Å². The molecule has 0 N–H and O–H groups in total. The molecule has 0 radical (unpaired) electrons. The van der Waals surface area contributed by atoms with Crippen LogP contribution in [0.4, 0.5) is 0 Å². The van der Waals surface area contributed by atoms with E-state index in [9.17, 15) is 4.79 Å². The Labute approximate surface area is 135 Å². The average Bonchev–Trinajstić information content (AvgIpc) is 2.41. The van der Waals surface area contributed by atoms with Crippen molar-refractivity contribution in [3.05, 3.63) is 67.4 Å². The van der Waals surface area contributed by atoms with Gasteiger partial charge in [0, 0.05) is 14.9 Å². The summed E-state index contributed by atoms with van der Waals surface area (Å²) in [5.41, 5.74) is 3.40. The molecular formula is C17H12BrClO2. The maximum absolute atomic E-state index is 12.3. The molecule has 1 heterocycles. The second-order valence-electron chi connectivity index (χ2n) is 5.00. The first-order chi connectivity index (χ1) is 9.97. The molecule has 0 amide bonds. The van der Waals surface area contributed by atoms with Gasteiger partial charge in [-0.15, -0.1) is 0 Å². The minimum Gasteiger partial charge on any atom is -0.422 e. The number of benzene rings is 2. The number of hydrogen-bond donors (Lipinski definition) is 0. The van der Waals surface area contributed by atoms with Gasteiger partial charge in [-0.25, -0.2) is 4.79 Å². The van der Waals surface area contributed by atoms with E-state index in [1.807, 2.05) is 44.2 Å². The van der Waals surface area contributed by atoms with Crippen molar-refractivity contribution in [2.24, 2.45) is 0 Å². The van der Waals surface area contributed by atoms with Crippen LogP contribution >= 0.6 is 27.5 Å². The first kappa shape index (κ1) is 14.4. The SMILES string of the molecule is Cc1cc2oc(=O)c(-c3cccc(Br)c3)c(C)c2cc1Cl. The zero-order valence-corrected chi connectivity index (χ0v) is 13.9. The van der Waals surface area contributed by atoms with Gasteiger partial charge in [-0.3, -0.25) is 0 Å². The third kappa shape index (κ3) is 2.52. The Morgan fingerprint density at radius 3 is 2.62 bits per heavy atom. The molecule has 0 saturated heterocycles. The normalized spacial score (nSPS) is 11.0. The lowest BCUT2D eigenvalue weighted by atomic mass is 9.99. The lowest BCUT2D eigenvalue weighted by Crippen LogP contribution is -2.06. The molecule has 0 spiro atoms. The molecule has 0 aliphatic carbocycles. The number of aryl methyl sites for hydroxylation is 2. The highest BCUT2D eigenvalue weighted by atomic mass is 79.9. The summed E-state index contributed by atoms with van der Waals surface area (Å²) in [6, 6.07) is 11.3. The number of fused-ring (bicyclic) bond motifs is 1. The van der Waals surface area contributed by atoms with Crippen molar-refractivity contribution < 1.29 is 4.42 Å².